The summed E-state index contributed by atoms with van der Waals surface area (Å²) < 4.78 is 0. The van der Waals surface area contributed by atoms with Gasteiger partial charge in [-0.25, -0.2) is 0 Å². The molecule has 1 aliphatic rings. The van der Waals surface area contributed by atoms with E-state index in [-0.39, 0.29) is 0 Å². The molecule has 2 heteroatoms. The highest BCUT2D eigenvalue weighted by Gasteiger charge is 2.29. The van der Waals surface area contributed by atoms with Gasteiger partial charge in [0.25, 0.3) is 0 Å². The van der Waals surface area contributed by atoms with Gasteiger partial charge in [0.1, 0.15) is 0 Å². The lowest BCUT2D eigenvalue weighted by molar-refractivity contribution is 0.576. The lowest BCUT2D eigenvalue weighted by Gasteiger charge is -2.30. The van der Waals surface area contributed by atoms with Crippen molar-refractivity contribution in [2.24, 2.45) is 0 Å². The van der Waals surface area contributed by atoms with Crippen LogP contribution in [0.5, 0.6) is 0 Å². The van der Waals surface area contributed by atoms with Crippen LogP contribution in [-0.2, 0) is 0 Å². The van der Waals surface area contributed by atoms with Gasteiger partial charge in [-0.15, -0.1) is 0 Å². The topological polar surface area (TPSA) is 15.3 Å². The van der Waals surface area contributed by atoms with E-state index >= 15 is 0 Å². The monoisotopic (exact) mass is 260 g/mol. The summed E-state index contributed by atoms with van der Waals surface area (Å²) in [5.41, 5.74) is 2.79. The number of hydrogen-bond donors (Lipinski definition) is 1. The summed E-state index contributed by atoms with van der Waals surface area (Å²) in [5, 5.41) is 3.37. The van der Waals surface area contributed by atoms with E-state index in [0.29, 0.717) is 12.1 Å². The molecule has 0 amide bonds. The van der Waals surface area contributed by atoms with Crippen LogP contribution in [0.2, 0.25) is 0 Å². The first kappa shape index (κ1) is 14.4. The third kappa shape index (κ3) is 2.94. The van der Waals surface area contributed by atoms with Crippen LogP contribution in [0, 0.1) is 0 Å². The van der Waals surface area contributed by atoms with Gasteiger partial charge in [0.05, 0.1) is 0 Å². The van der Waals surface area contributed by atoms with Crippen molar-refractivity contribution >= 4 is 5.69 Å². The Morgan fingerprint density at radius 3 is 2.42 bits per heavy atom. The third-order valence-corrected chi connectivity index (χ3v) is 4.61. The molecule has 0 aliphatic carbocycles. The minimum atomic E-state index is 0.479. The number of benzene rings is 1. The maximum atomic E-state index is 3.37. The van der Waals surface area contributed by atoms with Crippen molar-refractivity contribution in [1.29, 1.82) is 0 Å². The molecular formula is C17H28N2. The van der Waals surface area contributed by atoms with Gasteiger partial charge < -0.3 is 10.2 Å². The van der Waals surface area contributed by atoms with E-state index in [9.17, 15) is 0 Å². The Morgan fingerprint density at radius 1 is 1.21 bits per heavy atom. The van der Waals surface area contributed by atoms with Crippen LogP contribution in [0.25, 0.3) is 0 Å². The molecule has 0 radical (unpaired) electrons. The van der Waals surface area contributed by atoms with Crippen LogP contribution >= 0.6 is 0 Å². The minimum absolute atomic E-state index is 0.479. The highest BCUT2D eigenvalue weighted by atomic mass is 15.2. The number of nitrogens with one attached hydrogen (secondary N) is 1. The van der Waals surface area contributed by atoms with Gasteiger partial charge in [0.15, 0.2) is 0 Å². The molecule has 1 aromatic rings. The summed E-state index contributed by atoms with van der Waals surface area (Å²) in [5.74, 6) is 0. The van der Waals surface area contributed by atoms with Crippen LogP contribution in [0.3, 0.4) is 0 Å². The maximum absolute atomic E-state index is 3.37. The van der Waals surface area contributed by atoms with E-state index in [1.807, 2.05) is 7.05 Å². The van der Waals surface area contributed by atoms with E-state index in [4.69, 9.17) is 0 Å². The molecule has 1 heterocycles. The second-order valence-corrected chi connectivity index (χ2v) is 5.74. The van der Waals surface area contributed by atoms with Crippen LogP contribution in [0.4, 0.5) is 5.69 Å². The Balaban J connectivity index is 2.17. The Labute approximate surface area is 118 Å². The Bertz CT molecular complexity index is 381. The van der Waals surface area contributed by atoms with E-state index < -0.39 is 0 Å². The zero-order chi connectivity index (χ0) is 13.8. The van der Waals surface area contributed by atoms with Crippen molar-refractivity contribution in [3.63, 3.8) is 0 Å². The molecule has 1 saturated heterocycles. The van der Waals surface area contributed by atoms with Gasteiger partial charge in [0, 0.05) is 23.8 Å². The molecule has 0 bridgehead atoms. The second-order valence-electron chi connectivity index (χ2n) is 5.74. The number of nitrogens with zero attached hydrogens (tertiary/aromatic N) is 1. The summed E-state index contributed by atoms with van der Waals surface area (Å²) in [6, 6.07) is 11.1. The predicted octanol–water partition coefficient (Wildman–Crippen LogP) is 4.12. The molecule has 2 rings (SSSR count). The van der Waals surface area contributed by atoms with Crippen LogP contribution in [0.1, 0.15) is 58.1 Å². The van der Waals surface area contributed by atoms with Crippen molar-refractivity contribution in [1.82, 2.24) is 5.32 Å². The summed E-state index contributed by atoms with van der Waals surface area (Å²) >= 11 is 0. The Hall–Kier alpha value is -1.02. The van der Waals surface area contributed by atoms with E-state index in [2.05, 4.69) is 55.3 Å². The molecule has 0 saturated carbocycles. The first-order valence-corrected chi connectivity index (χ1v) is 7.76. The zero-order valence-corrected chi connectivity index (χ0v) is 12.8. The van der Waals surface area contributed by atoms with Crippen molar-refractivity contribution in [2.75, 3.05) is 11.9 Å². The summed E-state index contributed by atoms with van der Waals surface area (Å²) in [7, 11) is 2.04. The van der Waals surface area contributed by atoms with Crippen molar-refractivity contribution in [2.45, 2.75) is 64.6 Å². The molecule has 19 heavy (non-hydrogen) atoms. The fourth-order valence-electron chi connectivity index (χ4n) is 3.42. The van der Waals surface area contributed by atoms with Gasteiger partial charge in [-0.05, 0) is 57.4 Å². The lowest BCUT2D eigenvalue weighted by atomic mass is 10.0. The highest BCUT2D eigenvalue weighted by molar-refractivity contribution is 5.51. The van der Waals surface area contributed by atoms with Crippen LogP contribution in [-0.4, -0.2) is 19.1 Å². The fraction of sp³-hybridized carbons (Fsp3) is 0.647. The van der Waals surface area contributed by atoms with E-state index in [1.54, 1.807) is 0 Å². The van der Waals surface area contributed by atoms with Gasteiger partial charge >= 0.3 is 0 Å². The number of hydrogen-bond acceptors (Lipinski definition) is 2. The molecule has 0 spiro atoms. The van der Waals surface area contributed by atoms with E-state index in [1.165, 1.54) is 30.5 Å². The van der Waals surface area contributed by atoms with Gasteiger partial charge in [0.2, 0.25) is 0 Å². The first-order valence-electron chi connectivity index (χ1n) is 7.76. The molecule has 1 N–H and O–H groups in total. The summed E-state index contributed by atoms with van der Waals surface area (Å²) in [6.07, 6.45) is 5.05. The molecule has 106 valence electrons. The third-order valence-electron chi connectivity index (χ3n) is 4.61. The van der Waals surface area contributed by atoms with Gasteiger partial charge in [-0.2, -0.15) is 0 Å². The first-order chi connectivity index (χ1) is 9.21. The number of rotatable bonds is 5. The highest BCUT2D eigenvalue weighted by Crippen LogP contribution is 2.32. The van der Waals surface area contributed by atoms with Crippen molar-refractivity contribution in [3.05, 3.63) is 29.8 Å². The van der Waals surface area contributed by atoms with Crippen LogP contribution in [0.15, 0.2) is 24.3 Å². The fourth-order valence-corrected chi connectivity index (χ4v) is 3.42. The SMILES string of the molecule is CCC(NC)c1ccc(N2C(C)CCC2CC)cc1. The Morgan fingerprint density at radius 2 is 1.89 bits per heavy atom. The normalized spacial score (nSPS) is 24.7. The summed E-state index contributed by atoms with van der Waals surface area (Å²) in [6.45, 7) is 6.88. The smallest absolute Gasteiger partial charge is 0.0371 e. The molecule has 1 fully saturated rings. The minimum Gasteiger partial charge on any atom is -0.366 e. The quantitative estimate of drug-likeness (QED) is 0.856. The average molecular weight is 260 g/mol. The zero-order valence-electron chi connectivity index (χ0n) is 12.8. The second kappa shape index (κ2) is 6.42. The maximum Gasteiger partial charge on any atom is 0.0371 e. The molecule has 3 unspecified atom stereocenters. The summed E-state index contributed by atoms with van der Waals surface area (Å²) in [4.78, 5) is 2.62. The molecule has 1 aromatic carbocycles. The number of anilines is 1. The Kier molecular flexibility index (Phi) is 4.87. The lowest BCUT2D eigenvalue weighted by Crippen LogP contribution is -2.34. The van der Waals surface area contributed by atoms with Crippen molar-refractivity contribution in [3.8, 4) is 0 Å². The standard InChI is InChI=1S/C17H28N2/c1-5-15-10-7-13(3)19(15)16-11-8-14(9-12-16)17(6-2)18-4/h8-9,11-13,15,17-18H,5-7,10H2,1-4H3. The predicted molar refractivity (Wildman–Crippen MR) is 83.8 cm³/mol. The van der Waals surface area contributed by atoms with Gasteiger partial charge in [-0.3, -0.25) is 0 Å². The van der Waals surface area contributed by atoms with Gasteiger partial charge in [-0.1, -0.05) is 26.0 Å². The largest absolute Gasteiger partial charge is 0.366 e. The molecule has 2 nitrogen and oxygen atoms in total. The van der Waals surface area contributed by atoms with Crippen molar-refractivity contribution < 1.29 is 0 Å². The van der Waals surface area contributed by atoms with Crippen LogP contribution < -0.4 is 10.2 Å². The molecular weight excluding hydrogens is 232 g/mol. The van der Waals surface area contributed by atoms with E-state index in [0.717, 1.165) is 12.5 Å². The molecule has 3 atom stereocenters. The molecule has 0 aromatic heterocycles. The average Bonchev–Trinajstić information content (AvgIpc) is 2.82. The molecule has 1 aliphatic heterocycles.